The highest BCUT2D eigenvalue weighted by atomic mass is 35.5. The molecule has 0 fully saturated rings. The summed E-state index contributed by atoms with van der Waals surface area (Å²) in [6.45, 7) is 0. The summed E-state index contributed by atoms with van der Waals surface area (Å²) in [5, 5.41) is 0.983. The number of halogens is 1. The SMILES string of the molecule is O=S(=O)(Oc1ccc(-c2cnc(-c3cccnc3)s2)cc1)c1ccccc1Cl. The van der Waals surface area contributed by atoms with Gasteiger partial charge in [0.1, 0.15) is 15.7 Å². The Hall–Kier alpha value is -2.74. The molecule has 0 atom stereocenters. The molecular weight excluding hydrogens is 416 g/mol. The van der Waals surface area contributed by atoms with Gasteiger partial charge in [0.2, 0.25) is 0 Å². The monoisotopic (exact) mass is 428 g/mol. The van der Waals surface area contributed by atoms with E-state index in [2.05, 4.69) is 9.97 Å². The number of thiazole rings is 1. The summed E-state index contributed by atoms with van der Waals surface area (Å²) in [5.41, 5.74) is 1.86. The van der Waals surface area contributed by atoms with E-state index in [-0.39, 0.29) is 15.7 Å². The summed E-state index contributed by atoms with van der Waals surface area (Å²) in [6.07, 6.45) is 5.26. The molecule has 2 aromatic carbocycles. The molecule has 0 aliphatic rings. The summed E-state index contributed by atoms with van der Waals surface area (Å²) in [6, 6.07) is 16.8. The van der Waals surface area contributed by atoms with E-state index in [1.807, 2.05) is 12.1 Å². The Balaban J connectivity index is 1.55. The standard InChI is InChI=1S/C20H13ClN2O3S2/c21-17-5-1-2-6-19(17)28(24,25)26-16-9-7-14(8-10-16)18-13-23-20(27-18)15-4-3-11-22-12-15/h1-13H. The van der Waals surface area contributed by atoms with Gasteiger partial charge in [0.15, 0.2) is 0 Å². The van der Waals surface area contributed by atoms with Crippen LogP contribution in [0.25, 0.3) is 21.0 Å². The second kappa shape index (κ2) is 7.71. The van der Waals surface area contributed by atoms with Gasteiger partial charge in [-0.15, -0.1) is 11.3 Å². The Kier molecular flexibility index (Phi) is 5.13. The maximum atomic E-state index is 12.4. The first kappa shape index (κ1) is 18.6. The van der Waals surface area contributed by atoms with E-state index in [1.165, 1.54) is 23.5 Å². The maximum absolute atomic E-state index is 12.4. The van der Waals surface area contributed by atoms with Crippen LogP contribution >= 0.6 is 22.9 Å². The minimum absolute atomic E-state index is 0.0655. The van der Waals surface area contributed by atoms with Crippen molar-refractivity contribution in [1.82, 2.24) is 9.97 Å². The second-order valence-corrected chi connectivity index (χ2v) is 8.72. The number of hydrogen-bond acceptors (Lipinski definition) is 6. The molecule has 0 spiro atoms. The molecule has 0 radical (unpaired) electrons. The van der Waals surface area contributed by atoms with Gasteiger partial charge in [0.25, 0.3) is 0 Å². The molecule has 8 heteroatoms. The van der Waals surface area contributed by atoms with E-state index in [0.29, 0.717) is 0 Å². The van der Waals surface area contributed by atoms with Gasteiger partial charge in [-0.1, -0.05) is 23.7 Å². The third-order valence-corrected chi connectivity index (χ3v) is 6.71. The lowest BCUT2D eigenvalue weighted by Crippen LogP contribution is -2.10. The number of benzene rings is 2. The molecule has 2 heterocycles. The molecule has 2 aromatic heterocycles. The van der Waals surface area contributed by atoms with E-state index in [0.717, 1.165) is 21.0 Å². The highest BCUT2D eigenvalue weighted by Crippen LogP contribution is 2.33. The summed E-state index contributed by atoms with van der Waals surface area (Å²) in [5.74, 6) is 0.209. The van der Waals surface area contributed by atoms with Crippen molar-refractivity contribution in [3.8, 4) is 26.8 Å². The Bertz CT molecular complexity index is 1210. The van der Waals surface area contributed by atoms with Crippen molar-refractivity contribution in [2.24, 2.45) is 0 Å². The molecule has 0 saturated carbocycles. The van der Waals surface area contributed by atoms with Crippen molar-refractivity contribution in [3.05, 3.63) is 84.3 Å². The predicted octanol–water partition coefficient (Wildman–Crippen LogP) is 5.29. The number of rotatable bonds is 5. The Morgan fingerprint density at radius 2 is 1.68 bits per heavy atom. The van der Waals surface area contributed by atoms with Crippen molar-refractivity contribution in [1.29, 1.82) is 0 Å². The topological polar surface area (TPSA) is 69.2 Å². The highest BCUT2D eigenvalue weighted by Gasteiger charge is 2.20. The quantitative estimate of drug-likeness (QED) is 0.404. The van der Waals surface area contributed by atoms with Crippen LogP contribution in [0.5, 0.6) is 5.75 Å². The Morgan fingerprint density at radius 1 is 0.893 bits per heavy atom. The molecule has 0 bridgehead atoms. The van der Waals surface area contributed by atoms with Crippen LogP contribution in [-0.4, -0.2) is 18.4 Å². The van der Waals surface area contributed by atoms with E-state index < -0.39 is 10.1 Å². The Labute approximate surface area is 171 Å². The molecule has 4 aromatic rings. The molecule has 0 aliphatic carbocycles. The zero-order valence-corrected chi connectivity index (χ0v) is 16.7. The number of aromatic nitrogens is 2. The van der Waals surface area contributed by atoms with Crippen LogP contribution in [-0.2, 0) is 10.1 Å². The minimum Gasteiger partial charge on any atom is -0.379 e. The lowest BCUT2D eigenvalue weighted by atomic mass is 10.2. The first-order valence-corrected chi connectivity index (χ1v) is 10.8. The first-order valence-electron chi connectivity index (χ1n) is 8.19. The molecule has 5 nitrogen and oxygen atoms in total. The van der Waals surface area contributed by atoms with Crippen molar-refractivity contribution in [2.45, 2.75) is 4.90 Å². The van der Waals surface area contributed by atoms with Crippen molar-refractivity contribution in [3.63, 3.8) is 0 Å². The van der Waals surface area contributed by atoms with Gasteiger partial charge in [-0.25, -0.2) is 4.98 Å². The van der Waals surface area contributed by atoms with Crippen LogP contribution in [0.2, 0.25) is 5.02 Å². The van der Waals surface area contributed by atoms with E-state index in [9.17, 15) is 8.42 Å². The van der Waals surface area contributed by atoms with Crippen molar-refractivity contribution in [2.75, 3.05) is 0 Å². The van der Waals surface area contributed by atoms with Crippen LogP contribution in [0.4, 0.5) is 0 Å². The summed E-state index contributed by atoms with van der Waals surface area (Å²) >= 11 is 7.49. The average Bonchev–Trinajstić information content (AvgIpc) is 3.19. The molecule has 0 amide bonds. The third kappa shape index (κ3) is 3.91. The van der Waals surface area contributed by atoms with Gasteiger partial charge >= 0.3 is 10.1 Å². The van der Waals surface area contributed by atoms with Crippen LogP contribution in [0.15, 0.2) is 84.1 Å². The molecule has 0 N–H and O–H groups in total. The average molecular weight is 429 g/mol. The van der Waals surface area contributed by atoms with Crippen LogP contribution < -0.4 is 4.18 Å². The molecule has 0 aliphatic heterocycles. The molecular formula is C20H13ClN2O3S2. The zero-order valence-electron chi connectivity index (χ0n) is 14.3. The number of pyridine rings is 1. The normalized spacial score (nSPS) is 11.3. The minimum atomic E-state index is -4.00. The number of nitrogens with zero attached hydrogens (tertiary/aromatic N) is 2. The highest BCUT2D eigenvalue weighted by molar-refractivity contribution is 7.87. The van der Waals surface area contributed by atoms with E-state index >= 15 is 0 Å². The van der Waals surface area contributed by atoms with Gasteiger partial charge in [-0.05, 0) is 54.1 Å². The summed E-state index contributed by atoms with van der Waals surface area (Å²) in [7, 11) is -4.00. The zero-order chi connectivity index (χ0) is 19.6. The van der Waals surface area contributed by atoms with Gasteiger partial charge < -0.3 is 4.18 Å². The molecule has 4 rings (SSSR count). The van der Waals surface area contributed by atoms with Crippen LogP contribution in [0.1, 0.15) is 0 Å². The van der Waals surface area contributed by atoms with Crippen molar-refractivity contribution < 1.29 is 12.6 Å². The van der Waals surface area contributed by atoms with Gasteiger partial charge in [-0.3, -0.25) is 4.98 Å². The smallest absolute Gasteiger partial charge is 0.340 e. The Morgan fingerprint density at radius 3 is 2.39 bits per heavy atom. The van der Waals surface area contributed by atoms with Gasteiger partial charge in [0, 0.05) is 24.2 Å². The molecule has 0 saturated heterocycles. The fraction of sp³-hybridized carbons (Fsp3) is 0. The van der Waals surface area contributed by atoms with Gasteiger partial charge in [0.05, 0.1) is 9.90 Å². The predicted molar refractivity (Wildman–Crippen MR) is 110 cm³/mol. The first-order chi connectivity index (χ1) is 13.5. The lowest BCUT2D eigenvalue weighted by Gasteiger charge is -2.08. The van der Waals surface area contributed by atoms with Crippen LogP contribution in [0.3, 0.4) is 0 Å². The van der Waals surface area contributed by atoms with E-state index in [1.54, 1.807) is 55.0 Å². The number of hydrogen-bond donors (Lipinski definition) is 0. The molecule has 28 heavy (non-hydrogen) atoms. The van der Waals surface area contributed by atoms with Crippen molar-refractivity contribution >= 4 is 33.1 Å². The fourth-order valence-corrected chi connectivity index (χ4v) is 4.86. The second-order valence-electron chi connectivity index (χ2n) is 5.76. The summed E-state index contributed by atoms with van der Waals surface area (Å²) < 4.78 is 30.0. The summed E-state index contributed by atoms with van der Waals surface area (Å²) in [4.78, 5) is 9.43. The van der Waals surface area contributed by atoms with Crippen LogP contribution in [0, 0.1) is 0 Å². The fourth-order valence-electron chi connectivity index (χ4n) is 2.52. The lowest BCUT2D eigenvalue weighted by molar-refractivity contribution is 0.486. The van der Waals surface area contributed by atoms with E-state index in [4.69, 9.17) is 15.8 Å². The van der Waals surface area contributed by atoms with Gasteiger partial charge in [-0.2, -0.15) is 8.42 Å². The molecule has 140 valence electrons. The maximum Gasteiger partial charge on any atom is 0.340 e. The largest absolute Gasteiger partial charge is 0.379 e. The molecule has 0 unspecified atom stereocenters. The third-order valence-electron chi connectivity index (χ3n) is 3.86.